The minimum absolute atomic E-state index is 0.903. The standard InChI is InChI=1S/C10H17N3/c1-9(2)6-11-5-4-10-7-12-13(3)8-10/h7-8,11H,1,4-6H2,2-3H3. The number of hydrogen-bond donors (Lipinski definition) is 1. The molecule has 0 aromatic carbocycles. The summed E-state index contributed by atoms with van der Waals surface area (Å²) >= 11 is 0. The lowest BCUT2D eigenvalue weighted by atomic mass is 10.2. The smallest absolute Gasteiger partial charge is 0.0522 e. The molecule has 0 radical (unpaired) electrons. The van der Waals surface area contributed by atoms with E-state index in [1.54, 1.807) is 0 Å². The molecule has 0 saturated carbocycles. The Kier molecular flexibility index (Phi) is 3.71. The summed E-state index contributed by atoms with van der Waals surface area (Å²) in [6.07, 6.45) is 4.98. The van der Waals surface area contributed by atoms with Crippen LogP contribution in [0.5, 0.6) is 0 Å². The quantitative estimate of drug-likeness (QED) is 0.542. The van der Waals surface area contributed by atoms with Crippen LogP contribution in [-0.2, 0) is 13.5 Å². The molecular formula is C10H17N3. The molecule has 3 nitrogen and oxygen atoms in total. The second-order valence-corrected chi connectivity index (χ2v) is 3.41. The Hall–Kier alpha value is -1.09. The Morgan fingerprint density at radius 2 is 2.46 bits per heavy atom. The number of aromatic nitrogens is 2. The predicted octanol–water partition coefficient (Wildman–Crippen LogP) is 1.13. The first-order valence-corrected chi connectivity index (χ1v) is 4.51. The van der Waals surface area contributed by atoms with Crippen LogP contribution in [0.4, 0.5) is 0 Å². The summed E-state index contributed by atoms with van der Waals surface area (Å²) in [5.41, 5.74) is 2.45. The molecule has 1 heterocycles. The molecule has 13 heavy (non-hydrogen) atoms. The molecule has 1 N–H and O–H groups in total. The van der Waals surface area contributed by atoms with E-state index in [2.05, 4.69) is 17.0 Å². The van der Waals surface area contributed by atoms with Crippen molar-refractivity contribution in [1.82, 2.24) is 15.1 Å². The molecule has 3 heteroatoms. The summed E-state index contributed by atoms with van der Waals surface area (Å²) in [6.45, 7) is 7.74. The van der Waals surface area contributed by atoms with Gasteiger partial charge in [-0.15, -0.1) is 0 Å². The van der Waals surface area contributed by atoms with Crippen molar-refractivity contribution in [3.63, 3.8) is 0 Å². The van der Waals surface area contributed by atoms with Crippen molar-refractivity contribution in [3.8, 4) is 0 Å². The van der Waals surface area contributed by atoms with Crippen LogP contribution in [0.2, 0.25) is 0 Å². The highest BCUT2D eigenvalue weighted by molar-refractivity contribution is 5.04. The van der Waals surface area contributed by atoms with Gasteiger partial charge in [-0.3, -0.25) is 4.68 Å². The average molecular weight is 179 g/mol. The van der Waals surface area contributed by atoms with Crippen LogP contribution in [0.3, 0.4) is 0 Å². The van der Waals surface area contributed by atoms with Crippen LogP contribution in [0.25, 0.3) is 0 Å². The molecule has 0 amide bonds. The van der Waals surface area contributed by atoms with E-state index in [9.17, 15) is 0 Å². The van der Waals surface area contributed by atoms with E-state index >= 15 is 0 Å². The highest BCUT2D eigenvalue weighted by Gasteiger charge is 1.94. The Labute approximate surface area is 79.5 Å². The molecule has 0 aliphatic carbocycles. The van der Waals surface area contributed by atoms with Crippen LogP contribution in [0, 0.1) is 0 Å². The minimum atomic E-state index is 0.903. The molecule has 1 aromatic heterocycles. The summed E-state index contributed by atoms with van der Waals surface area (Å²) in [7, 11) is 1.94. The van der Waals surface area contributed by atoms with E-state index in [1.807, 2.05) is 31.0 Å². The molecule has 0 fully saturated rings. The monoisotopic (exact) mass is 179 g/mol. The van der Waals surface area contributed by atoms with E-state index in [1.165, 1.54) is 11.1 Å². The fourth-order valence-electron chi connectivity index (χ4n) is 1.14. The number of nitrogens with zero attached hydrogens (tertiary/aromatic N) is 2. The van der Waals surface area contributed by atoms with Gasteiger partial charge in [-0.05, 0) is 25.5 Å². The first kappa shape index (κ1) is 9.99. The van der Waals surface area contributed by atoms with Crippen molar-refractivity contribution < 1.29 is 0 Å². The first-order valence-electron chi connectivity index (χ1n) is 4.51. The molecule has 0 aliphatic heterocycles. The highest BCUT2D eigenvalue weighted by Crippen LogP contribution is 1.96. The summed E-state index contributed by atoms with van der Waals surface area (Å²) < 4.78 is 1.83. The van der Waals surface area contributed by atoms with Crippen molar-refractivity contribution in [2.45, 2.75) is 13.3 Å². The van der Waals surface area contributed by atoms with Crippen molar-refractivity contribution in [3.05, 3.63) is 30.1 Å². The number of aryl methyl sites for hydroxylation is 1. The third-order valence-electron chi connectivity index (χ3n) is 1.78. The maximum atomic E-state index is 4.10. The van der Waals surface area contributed by atoms with Gasteiger partial charge in [0, 0.05) is 19.8 Å². The zero-order valence-corrected chi connectivity index (χ0v) is 8.38. The van der Waals surface area contributed by atoms with Crippen LogP contribution in [0.15, 0.2) is 24.5 Å². The van der Waals surface area contributed by atoms with Gasteiger partial charge in [-0.25, -0.2) is 0 Å². The predicted molar refractivity (Wildman–Crippen MR) is 54.6 cm³/mol. The lowest BCUT2D eigenvalue weighted by Gasteiger charge is -2.01. The molecule has 1 rings (SSSR count). The zero-order chi connectivity index (χ0) is 9.68. The fourth-order valence-corrected chi connectivity index (χ4v) is 1.14. The van der Waals surface area contributed by atoms with E-state index in [-0.39, 0.29) is 0 Å². The molecule has 0 spiro atoms. The van der Waals surface area contributed by atoms with Gasteiger partial charge in [0.15, 0.2) is 0 Å². The minimum Gasteiger partial charge on any atom is -0.313 e. The molecular weight excluding hydrogens is 162 g/mol. The average Bonchev–Trinajstić information content (AvgIpc) is 2.45. The molecule has 1 aromatic rings. The van der Waals surface area contributed by atoms with E-state index < -0.39 is 0 Å². The van der Waals surface area contributed by atoms with Gasteiger partial charge in [-0.1, -0.05) is 12.2 Å². The highest BCUT2D eigenvalue weighted by atomic mass is 15.2. The van der Waals surface area contributed by atoms with Gasteiger partial charge >= 0.3 is 0 Å². The lowest BCUT2D eigenvalue weighted by molar-refractivity contribution is 0.727. The van der Waals surface area contributed by atoms with Gasteiger partial charge in [0.2, 0.25) is 0 Å². The molecule has 0 aliphatic rings. The fraction of sp³-hybridized carbons (Fsp3) is 0.500. The normalized spacial score (nSPS) is 10.3. The summed E-state index contributed by atoms with van der Waals surface area (Å²) in [4.78, 5) is 0. The Balaban J connectivity index is 2.16. The lowest BCUT2D eigenvalue weighted by Crippen LogP contribution is -2.18. The Morgan fingerprint density at radius 3 is 3.00 bits per heavy atom. The third-order valence-corrected chi connectivity index (χ3v) is 1.78. The van der Waals surface area contributed by atoms with Crippen molar-refractivity contribution >= 4 is 0 Å². The van der Waals surface area contributed by atoms with Gasteiger partial charge in [0.25, 0.3) is 0 Å². The third kappa shape index (κ3) is 3.90. The van der Waals surface area contributed by atoms with Crippen LogP contribution in [0.1, 0.15) is 12.5 Å². The maximum Gasteiger partial charge on any atom is 0.0522 e. The number of hydrogen-bond acceptors (Lipinski definition) is 2. The van der Waals surface area contributed by atoms with Gasteiger partial charge in [0.05, 0.1) is 6.20 Å². The number of rotatable bonds is 5. The second kappa shape index (κ2) is 4.82. The maximum absolute atomic E-state index is 4.10. The largest absolute Gasteiger partial charge is 0.313 e. The van der Waals surface area contributed by atoms with Crippen molar-refractivity contribution in [2.75, 3.05) is 13.1 Å². The first-order chi connectivity index (χ1) is 6.18. The van der Waals surface area contributed by atoms with Crippen molar-refractivity contribution in [1.29, 1.82) is 0 Å². The van der Waals surface area contributed by atoms with Gasteiger partial charge in [0.1, 0.15) is 0 Å². The Bertz CT molecular complexity index is 275. The zero-order valence-electron chi connectivity index (χ0n) is 8.38. The SMILES string of the molecule is C=C(C)CNCCc1cnn(C)c1. The molecule has 72 valence electrons. The van der Waals surface area contributed by atoms with E-state index in [4.69, 9.17) is 0 Å². The second-order valence-electron chi connectivity index (χ2n) is 3.41. The topological polar surface area (TPSA) is 29.9 Å². The molecule has 0 bridgehead atoms. The van der Waals surface area contributed by atoms with Crippen LogP contribution < -0.4 is 5.32 Å². The van der Waals surface area contributed by atoms with E-state index in [0.29, 0.717) is 0 Å². The number of nitrogens with one attached hydrogen (secondary N) is 1. The van der Waals surface area contributed by atoms with Crippen LogP contribution >= 0.6 is 0 Å². The van der Waals surface area contributed by atoms with Gasteiger partial charge < -0.3 is 5.32 Å². The molecule has 0 saturated heterocycles. The molecule has 0 unspecified atom stereocenters. The molecule has 0 atom stereocenters. The summed E-state index contributed by atoms with van der Waals surface area (Å²) in [5, 5.41) is 7.41. The summed E-state index contributed by atoms with van der Waals surface area (Å²) in [6, 6.07) is 0. The van der Waals surface area contributed by atoms with E-state index in [0.717, 1.165) is 19.5 Å². The summed E-state index contributed by atoms with van der Waals surface area (Å²) in [5.74, 6) is 0. The van der Waals surface area contributed by atoms with Crippen LogP contribution in [-0.4, -0.2) is 22.9 Å². The van der Waals surface area contributed by atoms with Gasteiger partial charge in [-0.2, -0.15) is 5.10 Å². The van der Waals surface area contributed by atoms with Crippen molar-refractivity contribution in [2.24, 2.45) is 7.05 Å². The Morgan fingerprint density at radius 1 is 1.69 bits per heavy atom.